The largest absolute Gasteiger partial charge is 0.366 e. The molecule has 0 aliphatic carbocycles. The number of anilines is 2. The lowest BCUT2D eigenvalue weighted by atomic mass is 9.96. The molecule has 27 heavy (non-hydrogen) atoms. The van der Waals surface area contributed by atoms with Gasteiger partial charge < -0.3 is 10.2 Å². The van der Waals surface area contributed by atoms with Gasteiger partial charge in [0.15, 0.2) is 0 Å². The van der Waals surface area contributed by atoms with Crippen molar-refractivity contribution in [3.8, 4) is 0 Å². The molecule has 1 heterocycles. The summed E-state index contributed by atoms with van der Waals surface area (Å²) in [5, 5.41) is 14.5. The quantitative estimate of drug-likeness (QED) is 0.578. The number of nitrogens with one attached hydrogen (secondary N) is 1. The predicted octanol–water partition coefficient (Wildman–Crippen LogP) is 4.96. The molecule has 1 aliphatic heterocycles. The molecule has 0 radical (unpaired) electrons. The first kappa shape index (κ1) is 18.9. The van der Waals surface area contributed by atoms with E-state index < -0.39 is 4.92 Å². The third-order valence-corrected chi connectivity index (χ3v) is 5.23. The smallest absolute Gasteiger partial charge is 0.293 e. The highest BCUT2D eigenvalue weighted by Crippen LogP contribution is 2.32. The zero-order valence-corrected chi connectivity index (χ0v) is 15.8. The number of para-hydroxylation sites is 1. The van der Waals surface area contributed by atoms with Crippen LogP contribution in [0.25, 0.3) is 0 Å². The molecular formula is C21H25N3O3. The molecule has 0 saturated carbocycles. The number of nitro benzene ring substituents is 1. The van der Waals surface area contributed by atoms with Gasteiger partial charge in [-0.25, -0.2) is 0 Å². The first-order valence-electron chi connectivity index (χ1n) is 9.45. The Morgan fingerprint density at radius 3 is 2.59 bits per heavy atom. The maximum Gasteiger partial charge on any atom is 0.293 e. The molecule has 1 saturated heterocycles. The van der Waals surface area contributed by atoms with Crippen LogP contribution in [0.15, 0.2) is 42.5 Å². The molecule has 6 heteroatoms. The van der Waals surface area contributed by atoms with E-state index in [-0.39, 0.29) is 11.6 Å². The van der Waals surface area contributed by atoms with Gasteiger partial charge in [-0.1, -0.05) is 32.0 Å². The van der Waals surface area contributed by atoms with Gasteiger partial charge in [0, 0.05) is 30.4 Å². The maximum atomic E-state index is 12.7. The fourth-order valence-electron chi connectivity index (χ4n) is 3.49. The van der Waals surface area contributed by atoms with Crippen molar-refractivity contribution in [3.05, 3.63) is 63.7 Å². The summed E-state index contributed by atoms with van der Waals surface area (Å²) in [6, 6.07) is 12.4. The molecule has 1 atom stereocenters. The molecule has 1 aliphatic rings. The highest BCUT2D eigenvalue weighted by atomic mass is 16.6. The second kappa shape index (κ2) is 8.20. The number of hydrogen-bond acceptors (Lipinski definition) is 4. The average molecular weight is 367 g/mol. The highest BCUT2D eigenvalue weighted by Gasteiger charge is 2.24. The van der Waals surface area contributed by atoms with Gasteiger partial charge >= 0.3 is 0 Å². The van der Waals surface area contributed by atoms with E-state index in [2.05, 4.69) is 19.2 Å². The Labute approximate surface area is 159 Å². The monoisotopic (exact) mass is 367 g/mol. The van der Waals surface area contributed by atoms with Crippen LogP contribution in [0, 0.1) is 10.1 Å². The van der Waals surface area contributed by atoms with Gasteiger partial charge in [-0.2, -0.15) is 0 Å². The van der Waals surface area contributed by atoms with Gasteiger partial charge in [0.2, 0.25) is 0 Å². The molecule has 0 unspecified atom stereocenters. The first-order valence-corrected chi connectivity index (χ1v) is 9.45. The zero-order valence-electron chi connectivity index (χ0n) is 15.8. The molecule has 2 aromatic carbocycles. The molecule has 1 N–H and O–H groups in total. The number of amides is 1. The normalized spacial score (nSPS) is 14.8. The minimum atomic E-state index is -0.405. The van der Waals surface area contributed by atoms with Gasteiger partial charge in [0.25, 0.3) is 11.6 Å². The fourth-order valence-corrected chi connectivity index (χ4v) is 3.49. The summed E-state index contributed by atoms with van der Waals surface area (Å²) in [4.78, 5) is 25.9. The zero-order chi connectivity index (χ0) is 19.4. The van der Waals surface area contributed by atoms with E-state index in [9.17, 15) is 14.9 Å². The van der Waals surface area contributed by atoms with Gasteiger partial charge in [0.05, 0.1) is 4.92 Å². The van der Waals surface area contributed by atoms with Crippen LogP contribution in [0.5, 0.6) is 0 Å². The van der Waals surface area contributed by atoms with Crippen LogP contribution in [0.1, 0.15) is 54.9 Å². The standard InChI is InChI=1S/C21H25N3O3/c1-3-15(2)17-8-4-5-9-18(17)22-21(25)16-10-11-19(20(14-16)24(26)27)23-12-6-7-13-23/h4-5,8-11,14-15H,3,6-7,12-13H2,1-2H3,(H,22,25)/t15-/m0/s1. The average Bonchev–Trinajstić information content (AvgIpc) is 3.22. The Morgan fingerprint density at radius 2 is 1.93 bits per heavy atom. The number of rotatable bonds is 6. The Kier molecular flexibility index (Phi) is 5.74. The number of carbonyl (C=O) groups excluding carboxylic acids is 1. The van der Waals surface area contributed by atoms with Crippen molar-refractivity contribution in [1.29, 1.82) is 0 Å². The second-order valence-electron chi connectivity index (χ2n) is 7.01. The Hall–Kier alpha value is -2.89. The van der Waals surface area contributed by atoms with Crippen LogP contribution in [-0.4, -0.2) is 23.9 Å². The minimum Gasteiger partial charge on any atom is -0.366 e. The molecule has 142 valence electrons. The maximum absolute atomic E-state index is 12.7. The molecule has 6 nitrogen and oxygen atoms in total. The molecule has 1 fully saturated rings. The number of benzene rings is 2. The van der Waals surface area contributed by atoms with Crippen molar-refractivity contribution in [2.45, 2.75) is 39.0 Å². The van der Waals surface area contributed by atoms with Gasteiger partial charge in [-0.15, -0.1) is 0 Å². The Bertz CT molecular complexity index is 844. The van der Waals surface area contributed by atoms with E-state index in [1.807, 2.05) is 29.2 Å². The van der Waals surface area contributed by atoms with Gasteiger partial charge in [-0.3, -0.25) is 14.9 Å². The lowest BCUT2D eigenvalue weighted by molar-refractivity contribution is -0.384. The van der Waals surface area contributed by atoms with Crippen molar-refractivity contribution in [3.63, 3.8) is 0 Å². The van der Waals surface area contributed by atoms with E-state index in [0.29, 0.717) is 17.2 Å². The van der Waals surface area contributed by atoms with E-state index >= 15 is 0 Å². The molecular weight excluding hydrogens is 342 g/mol. The van der Waals surface area contributed by atoms with E-state index in [4.69, 9.17) is 0 Å². The number of nitro groups is 1. The minimum absolute atomic E-state index is 0.0141. The number of nitrogens with zero attached hydrogens (tertiary/aromatic N) is 2. The summed E-state index contributed by atoms with van der Waals surface area (Å²) in [6.45, 7) is 5.84. The Balaban J connectivity index is 1.87. The van der Waals surface area contributed by atoms with Gasteiger partial charge in [-0.05, 0) is 48.9 Å². The van der Waals surface area contributed by atoms with Crippen molar-refractivity contribution in [2.24, 2.45) is 0 Å². The number of carbonyl (C=O) groups is 1. The molecule has 0 spiro atoms. The first-order chi connectivity index (χ1) is 13.0. The van der Waals surface area contributed by atoms with Crippen molar-refractivity contribution in [2.75, 3.05) is 23.3 Å². The van der Waals surface area contributed by atoms with Crippen LogP contribution in [0.2, 0.25) is 0 Å². The van der Waals surface area contributed by atoms with E-state index in [0.717, 1.165) is 43.6 Å². The Morgan fingerprint density at radius 1 is 1.22 bits per heavy atom. The van der Waals surface area contributed by atoms with E-state index in [1.165, 1.54) is 6.07 Å². The molecule has 1 amide bonds. The van der Waals surface area contributed by atoms with Crippen LogP contribution in [-0.2, 0) is 0 Å². The number of hydrogen-bond donors (Lipinski definition) is 1. The van der Waals surface area contributed by atoms with E-state index in [1.54, 1.807) is 12.1 Å². The van der Waals surface area contributed by atoms with Crippen LogP contribution in [0.4, 0.5) is 17.1 Å². The summed E-state index contributed by atoms with van der Waals surface area (Å²) in [6.07, 6.45) is 3.03. The summed E-state index contributed by atoms with van der Waals surface area (Å²) >= 11 is 0. The van der Waals surface area contributed by atoms with Crippen molar-refractivity contribution in [1.82, 2.24) is 0 Å². The summed E-state index contributed by atoms with van der Waals surface area (Å²) in [7, 11) is 0. The summed E-state index contributed by atoms with van der Waals surface area (Å²) in [5.41, 5.74) is 2.69. The third kappa shape index (κ3) is 4.10. The van der Waals surface area contributed by atoms with Crippen LogP contribution >= 0.6 is 0 Å². The molecule has 3 rings (SSSR count). The molecule has 2 aromatic rings. The van der Waals surface area contributed by atoms with Crippen LogP contribution in [0.3, 0.4) is 0 Å². The van der Waals surface area contributed by atoms with Crippen molar-refractivity contribution >= 4 is 23.0 Å². The van der Waals surface area contributed by atoms with Crippen LogP contribution < -0.4 is 10.2 Å². The lowest BCUT2D eigenvalue weighted by Crippen LogP contribution is -2.20. The summed E-state index contributed by atoms with van der Waals surface area (Å²) < 4.78 is 0. The van der Waals surface area contributed by atoms with Crippen molar-refractivity contribution < 1.29 is 9.72 Å². The fraction of sp³-hybridized carbons (Fsp3) is 0.381. The third-order valence-electron chi connectivity index (χ3n) is 5.23. The molecule has 0 aromatic heterocycles. The topological polar surface area (TPSA) is 75.5 Å². The summed E-state index contributed by atoms with van der Waals surface area (Å²) in [5.74, 6) is -0.0183. The predicted molar refractivity (Wildman–Crippen MR) is 108 cm³/mol. The highest BCUT2D eigenvalue weighted by molar-refractivity contribution is 6.05. The second-order valence-corrected chi connectivity index (χ2v) is 7.01. The lowest BCUT2D eigenvalue weighted by Gasteiger charge is -2.18. The molecule has 0 bridgehead atoms. The SMILES string of the molecule is CC[C@H](C)c1ccccc1NC(=O)c1ccc(N2CCCC2)c([N+](=O)[O-])c1. The van der Waals surface area contributed by atoms with Gasteiger partial charge in [0.1, 0.15) is 5.69 Å².